The SMILES string of the molecule is COc1cc(-c2cnc3cc(OCCN(C)c4ccncn4)ccn23)cc(OC(F)F)c1C(=O)NC1CC1. The summed E-state index contributed by atoms with van der Waals surface area (Å²) in [6.45, 7) is -2.09. The number of hydrogen-bond donors (Lipinski definition) is 1. The van der Waals surface area contributed by atoms with E-state index in [0.29, 0.717) is 35.8 Å². The smallest absolute Gasteiger partial charge is 0.387 e. The van der Waals surface area contributed by atoms with Gasteiger partial charge in [-0.2, -0.15) is 8.78 Å². The molecule has 1 saturated carbocycles. The van der Waals surface area contributed by atoms with E-state index in [-0.39, 0.29) is 23.1 Å². The molecule has 0 aliphatic heterocycles. The molecule has 12 heteroatoms. The van der Waals surface area contributed by atoms with Crippen molar-refractivity contribution in [1.29, 1.82) is 0 Å². The number of imidazole rings is 1. The molecule has 1 amide bonds. The zero-order valence-electron chi connectivity index (χ0n) is 20.8. The molecule has 4 aromatic rings. The van der Waals surface area contributed by atoms with E-state index < -0.39 is 12.5 Å². The van der Waals surface area contributed by atoms with Crippen molar-refractivity contribution in [1.82, 2.24) is 24.7 Å². The Hall–Kier alpha value is -4.48. The highest BCUT2D eigenvalue weighted by Gasteiger charge is 2.29. The molecule has 5 rings (SSSR count). The van der Waals surface area contributed by atoms with E-state index in [1.807, 2.05) is 18.0 Å². The number of pyridine rings is 1. The second kappa shape index (κ2) is 10.9. The van der Waals surface area contributed by atoms with E-state index in [0.717, 1.165) is 18.7 Å². The molecule has 0 saturated heterocycles. The van der Waals surface area contributed by atoms with Gasteiger partial charge in [-0.05, 0) is 37.1 Å². The van der Waals surface area contributed by atoms with Gasteiger partial charge in [-0.1, -0.05) is 0 Å². The highest BCUT2D eigenvalue weighted by molar-refractivity contribution is 6.01. The number of amides is 1. The predicted molar refractivity (Wildman–Crippen MR) is 135 cm³/mol. The Balaban J connectivity index is 1.37. The third kappa shape index (κ3) is 5.58. The number of nitrogens with zero attached hydrogens (tertiary/aromatic N) is 5. The minimum Gasteiger partial charge on any atom is -0.496 e. The molecule has 0 spiro atoms. The van der Waals surface area contributed by atoms with Gasteiger partial charge in [-0.3, -0.25) is 9.20 Å². The highest BCUT2D eigenvalue weighted by atomic mass is 19.3. The summed E-state index contributed by atoms with van der Waals surface area (Å²) in [5.41, 5.74) is 1.61. The van der Waals surface area contributed by atoms with Gasteiger partial charge in [-0.15, -0.1) is 0 Å². The van der Waals surface area contributed by atoms with Crippen LogP contribution in [-0.2, 0) is 0 Å². The Morgan fingerprint density at radius 1 is 1.21 bits per heavy atom. The summed E-state index contributed by atoms with van der Waals surface area (Å²) < 4.78 is 44.3. The molecule has 0 unspecified atom stereocenters. The van der Waals surface area contributed by atoms with Crippen LogP contribution in [0.4, 0.5) is 14.6 Å². The Morgan fingerprint density at radius 2 is 2.03 bits per heavy atom. The number of halogens is 2. The molecule has 3 aromatic heterocycles. The first-order valence-electron chi connectivity index (χ1n) is 12.0. The predicted octanol–water partition coefficient (Wildman–Crippen LogP) is 3.81. The monoisotopic (exact) mass is 524 g/mol. The van der Waals surface area contributed by atoms with Crippen molar-refractivity contribution in [3.8, 4) is 28.5 Å². The van der Waals surface area contributed by atoms with Gasteiger partial charge >= 0.3 is 6.61 Å². The fourth-order valence-electron chi connectivity index (χ4n) is 3.99. The van der Waals surface area contributed by atoms with Gasteiger partial charge in [0.25, 0.3) is 5.91 Å². The van der Waals surface area contributed by atoms with Crippen LogP contribution in [0.5, 0.6) is 17.2 Å². The average Bonchev–Trinajstić information content (AvgIpc) is 3.63. The first-order chi connectivity index (χ1) is 18.4. The number of benzene rings is 1. The minimum absolute atomic E-state index is 0.0363. The summed E-state index contributed by atoms with van der Waals surface area (Å²) in [5.74, 6) is 0.752. The largest absolute Gasteiger partial charge is 0.496 e. The number of likely N-dealkylation sites (N-methyl/N-ethyl adjacent to an activating group) is 1. The van der Waals surface area contributed by atoms with Crippen LogP contribution in [0.15, 0.2) is 55.2 Å². The fraction of sp³-hybridized carbons (Fsp3) is 0.308. The van der Waals surface area contributed by atoms with E-state index in [9.17, 15) is 13.6 Å². The molecular weight excluding hydrogens is 498 g/mol. The first kappa shape index (κ1) is 25.2. The number of ether oxygens (including phenoxy) is 3. The maximum atomic E-state index is 13.3. The van der Waals surface area contributed by atoms with Crippen LogP contribution in [0, 0.1) is 0 Å². The van der Waals surface area contributed by atoms with E-state index in [1.54, 1.807) is 41.2 Å². The van der Waals surface area contributed by atoms with Crippen molar-refractivity contribution in [3.63, 3.8) is 0 Å². The Bertz CT molecular complexity index is 1430. The van der Waals surface area contributed by atoms with Crippen molar-refractivity contribution in [2.24, 2.45) is 0 Å². The summed E-state index contributed by atoms with van der Waals surface area (Å²) >= 11 is 0. The Kier molecular flexibility index (Phi) is 7.20. The zero-order valence-corrected chi connectivity index (χ0v) is 20.8. The molecule has 1 aromatic carbocycles. The maximum absolute atomic E-state index is 13.3. The van der Waals surface area contributed by atoms with E-state index >= 15 is 0 Å². The van der Waals surface area contributed by atoms with Crippen molar-refractivity contribution < 1.29 is 27.8 Å². The lowest BCUT2D eigenvalue weighted by molar-refractivity contribution is -0.0502. The van der Waals surface area contributed by atoms with Crippen LogP contribution >= 0.6 is 0 Å². The number of hydrogen-bond acceptors (Lipinski definition) is 8. The number of methoxy groups -OCH3 is 1. The number of fused-ring (bicyclic) bond motifs is 1. The molecule has 0 atom stereocenters. The molecular formula is C26H26F2N6O4. The van der Waals surface area contributed by atoms with Crippen molar-refractivity contribution in [3.05, 3.63) is 60.8 Å². The van der Waals surface area contributed by atoms with Crippen LogP contribution in [-0.4, -0.2) is 65.2 Å². The first-order valence-corrected chi connectivity index (χ1v) is 12.0. The van der Waals surface area contributed by atoms with Crippen LogP contribution in [0.3, 0.4) is 0 Å². The molecule has 10 nitrogen and oxygen atoms in total. The van der Waals surface area contributed by atoms with Crippen molar-refractivity contribution in [2.75, 3.05) is 32.2 Å². The highest BCUT2D eigenvalue weighted by Crippen LogP contribution is 2.37. The van der Waals surface area contributed by atoms with Crippen LogP contribution in [0.1, 0.15) is 23.2 Å². The molecule has 0 bridgehead atoms. The fourth-order valence-corrected chi connectivity index (χ4v) is 3.99. The lowest BCUT2D eigenvalue weighted by Crippen LogP contribution is -2.26. The van der Waals surface area contributed by atoms with E-state index in [4.69, 9.17) is 14.2 Å². The van der Waals surface area contributed by atoms with Gasteiger partial charge in [-0.25, -0.2) is 15.0 Å². The van der Waals surface area contributed by atoms with Crippen LogP contribution < -0.4 is 24.4 Å². The Labute approximate surface area is 217 Å². The molecule has 1 fully saturated rings. The molecule has 1 aliphatic rings. The maximum Gasteiger partial charge on any atom is 0.387 e. The standard InChI is InChI=1S/C26H26F2N6O4/c1-33(22-5-7-29-15-31-22)9-10-37-18-6-8-34-19(14-30-23(34)13-18)16-11-20(36-2)24(21(12-16)38-26(27)28)25(35)32-17-3-4-17/h5-8,11-15,17,26H,3-4,9-10H2,1-2H3,(H,32,35). The molecule has 1 N–H and O–H groups in total. The number of anilines is 1. The summed E-state index contributed by atoms with van der Waals surface area (Å²) in [6.07, 6.45) is 8.25. The summed E-state index contributed by atoms with van der Waals surface area (Å²) in [4.78, 5) is 27.3. The van der Waals surface area contributed by atoms with Gasteiger partial charge in [0, 0.05) is 37.1 Å². The summed E-state index contributed by atoms with van der Waals surface area (Å²) in [5, 5.41) is 2.80. The van der Waals surface area contributed by atoms with Gasteiger partial charge in [0.15, 0.2) is 0 Å². The molecule has 198 valence electrons. The molecule has 0 radical (unpaired) electrons. The van der Waals surface area contributed by atoms with E-state index in [2.05, 4.69) is 20.3 Å². The summed E-state index contributed by atoms with van der Waals surface area (Å²) in [6, 6.07) is 8.42. The average molecular weight is 525 g/mol. The number of carbonyl (C=O) groups excluding carboxylic acids is 1. The number of carbonyl (C=O) groups is 1. The van der Waals surface area contributed by atoms with Gasteiger partial charge in [0.2, 0.25) is 0 Å². The van der Waals surface area contributed by atoms with Gasteiger partial charge in [0.1, 0.15) is 47.2 Å². The second-order valence-corrected chi connectivity index (χ2v) is 8.75. The van der Waals surface area contributed by atoms with Crippen LogP contribution in [0.25, 0.3) is 16.9 Å². The van der Waals surface area contributed by atoms with Crippen molar-refractivity contribution >= 4 is 17.4 Å². The molecule has 3 heterocycles. The molecule has 38 heavy (non-hydrogen) atoms. The lowest BCUT2D eigenvalue weighted by Gasteiger charge is -2.18. The number of aromatic nitrogens is 4. The Morgan fingerprint density at radius 3 is 2.74 bits per heavy atom. The topological polar surface area (TPSA) is 103 Å². The minimum atomic E-state index is -3.11. The van der Waals surface area contributed by atoms with Crippen LogP contribution in [0.2, 0.25) is 0 Å². The normalized spacial score (nSPS) is 13.0. The number of rotatable bonds is 11. The molecule has 1 aliphatic carbocycles. The zero-order chi connectivity index (χ0) is 26.6. The van der Waals surface area contributed by atoms with E-state index in [1.165, 1.54) is 19.5 Å². The quantitative estimate of drug-likeness (QED) is 0.316. The number of nitrogens with one attached hydrogen (secondary N) is 1. The third-order valence-electron chi connectivity index (χ3n) is 6.07. The lowest BCUT2D eigenvalue weighted by atomic mass is 10.1. The van der Waals surface area contributed by atoms with Gasteiger partial charge < -0.3 is 24.4 Å². The van der Waals surface area contributed by atoms with Gasteiger partial charge in [0.05, 0.1) is 25.5 Å². The van der Waals surface area contributed by atoms with Crippen molar-refractivity contribution in [2.45, 2.75) is 25.5 Å². The number of alkyl halides is 2. The third-order valence-corrected chi connectivity index (χ3v) is 6.07. The summed E-state index contributed by atoms with van der Waals surface area (Å²) in [7, 11) is 3.29. The second-order valence-electron chi connectivity index (χ2n) is 8.75.